The second-order valence-corrected chi connectivity index (χ2v) is 2.47. The fourth-order valence-electron chi connectivity index (χ4n) is 0.787. The Hall–Kier alpha value is -2.11. The van der Waals surface area contributed by atoms with Gasteiger partial charge in [-0.1, -0.05) is 0 Å². The normalized spacial score (nSPS) is 10.4. The molecule has 0 aliphatic heterocycles. The second kappa shape index (κ2) is 4.22. The van der Waals surface area contributed by atoms with E-state index in [4.69, 9.17) is 11.5 Å². The summed E-state index contributed by atoms with van der Waals surface area (Å²) in [5.74, 6) is -0.785. The largest absolute Gasteiger partial charge is 0.507 e. The van der Waals surface area contributed by atoms with Crippen LogP contribution in [0.15, 0.2) is 28.4 Å². The molecule has 0 fully saturated rings. The molecule has 1 aromatic rings. The van der Waals surface area contributed by atoms with E-state index in [1.54, 1.807) is 0 Å². The van der Waals surface area contributed by atoms with Crippen molar-refractivity contribution in [2.75, 3.05) is 0 Å². The van der Waals surface area contributed by atoms with Gasteiger partial charge in [-0.05, 0) is 18.2 Å². The minimum absolute atomic E-state index is 0.0963. The van der Waals surface area contributed by atoms with E-state index < -0.39 is 5.82 Å². The molecule has 0 atom stereocenters. The summed E-state index contributed by atoms with van der Waals surface area (Å²) in [6.45, 7) is 0. The van der Waals surface area contributed by atoms with Crippen LogP contribution in [0.25, 0.3) is 0 Å². The van der Waals surface area contributed by atoms with Crippen LogP contribution in [0.5, 0.6) is 5.75 Å². The summed E-state index contributed by atoms with van der Waals surface area (Å²) in [6.07, 6.45) is 1.15. The summed E-state index contributed by atoms with van der Waals surface area (Å²) >= 11 is 0. The van der Waals surface area contributed by atoms with Crippen LogP contribution in [-0.2, 0) is 0 Å². The van der Waals surface area contributed by atoms with E-state index in [2.05, 4.69) is 10.2 Å². The van der Waals surface area contributed by atoms with Crippen LogP contribution in [0.2, 0.25) is 0 Å². The van der Waals surface area contributed by atoms with Crippen molar-refractivity contribution in [3.8, 4) is 5.75 Å². The summed E-state index contributed by atoms with van der Waals surface area (Å²) < 4.78 is 12.7. The van der Waals surface area contributed by atoms with Gasteiger partial charge in [-0.2, -0.15) is 5.10 Å². The smallest absolute Gasteiger partial charge is 0.211 e. The van der Waals surface area contributed by atoms with E-state index in [0.29, 0.717) is 0 Å². The topological polar surface area (TPSA) is 97.0 Å². The standard InChI is InChI=1S/C8H9FN4O/c9-6-1-2-7(14)5(3-6)4-12-13-8(10)11/h1-4,14H,(H4,10,11,13). The molecule has 14 heavy (non-hydrogen) atoms. The Morgan fingerprint density at radius 3 is 2.79 bits per heavy atom. The third kappa shape index (κ3) is 2.74. The maximum atomic E-state index is 12.7. The quantitative estimate of drug-likeness (QED) is 0.356. The first-order valence-corrected chi connectivity index (χ1v) is 3.70. The maximum absolute atomic E-state index is 12.7. The molecular formula is C8H9FN4O. The van der Waals surface area contributed by atoms with Gasteiger partial charge in [0.2, 0.25) is 5.96 Å². The fourth-order valence-corrected chi connectivity index (χ4v) is 0.787. The van der Waals surface area contributed by atoms with E-state index >= 15 is 0 Å². The number of phenols is 1. The predicted molar refractivity (Wildman–Crippen MR) is 51.5 cm³/mol. The van der Waals surface area contributed by atoms with Crippen LogP contribution >= 0.6 is 0 Å². The molecule has 0 unspecified atom stereocenters. The van der Waals surface area contributed by atoms with Crippen molar-refractivity contribution in [3.63, 3.8) is 0 Å². The van der Waals surface area contributed by atoms with Gasteiger partial charge in [0.05, 0.1) is 6.21 Å². The molecule has 0 radical (unpaired) electrons. The molecule has 74 valence electrons. The molecule has 1 aromatic carbocycles. The van der Waals surface area contributed by atoms with E-state index in [1.807, 2.05) is 0 Å². The predicted octanol–water partition coefficient (Wildman–Crippen LogP) is 0.139. The minimum atomic E-state index is -0.478. The first-order valence-electron chi connectivity index (χ1n) is 3.70. The molecule has 0 saturated heterocycles. The number of hydrogen-bond donors (Lipinski definition) is 3. The number of nitrogens with zero attached hydrogens (tertiary/aromatic N) is 2. The monoisotopic (exact) mass is 196 g/mol. The second-order valence-electron chi connectivity index (χ2n) is 2.47. The number of halogens is 1. The summed E-state index contributed by atoms with van der Waals surface area (Å²) in [4.78, 5) is 0. The number of phenolic OH excluding ortho intramolecular Hbond substituents is 1. The van der Waals surface area contributed by atoms with Crippen molar-refractivity contribution < 1.29 is 9.50 Å². The summed E-state index contributed by atoms with van der Waals surface area (Å²) in [5.41, 5.74) is 10.2. The lowest BCUT2D eigenvalue weighted by Crippen LogP contribution is -2.21. The molecule has 0 aliphatic rings. The SMILES string of the molecule is NC(N)=NN=Cc1cc(F)ccc1O. The van der Waals surface area contributed by atoms with Crippen LogP contribution < -0.4 is 11.5 Å². The summed E-state index contributed by atoms with van der Waals surface area (Å²) in [6, 6.07) is 3.46. The minimum Gasteiger partial charge on any atom is -0.507 e. The van der Waals surface area contributed by atoms with Gasteiger partial charge in [0.25, 0.3) is 0 Å². The molecule has 0 amide bonds. The van der Waals surface area contributed by atoms with Crippen molar-refractivity contribution in [1.29, 1.82) is 0 Å². The third-order valence-electron chi connectivity index (χ3n) is 1.36. The number of hydrogen-bond acceptors (Lipinski definition) is 3. The van der Waals surface area contributed by atoms with Gasteiger partial charge in [-0.15, -0.1) is 5.10 Å². The van der Waals surface area contributed by atoms with E-state index in [1.165, 1.54) is 6.07 Å². The highest BCUT2D eigenvalue weighted by atomic mass is 19.1. The number of rotatable bonds is 2. The van der Waals surface area contributed by atoms with Gasteiger partial charge in [0, 0.05) is 5.56 Å². The third-order valence-corrected chi connectivity index (χ3v) is 1.36. The van der Waals surface area contributed by atoms with Crippen molar-refractivity contribution in [2.24, 2.45) is 21.7 Å². The molecule has 0 bridgehead atoms. The number of guanidine groups is 1. The lowest BCUT2D eigenvalue weighted by atomic mass is 10.2. The lowest BCUT2D eigenvalue weighted by molar-refractivity contribution is 0.472. The van der Waals surface area contributed by atoms with Crippen LogP contribution in [0, 0.1) is 5.82 Å². The fraction of sp³-hybridized carbons (Fsp3) is 0. The average Bonchev–Trinajstić information content (AvgIpc) is 2.10. The Bertz CT molecular complexity index is 385. The molecule has 0 aromatic heterocycles. The van der Waals surface area contributed by atoms with Crippen LogP contribution in [0.3, 0.4) is 0 Å². The highest BCUT2D eigenvalue weighted by Crippen LogP contribution is 2.15. The average molecular weight is 196 g/mol. The first-order chi connectivity index (χ1) is 6.59. The van der Waals surface area contributed by atoms with Crippen molar-refractivity contribution in [3.05, 3.63) is 29.6 Å². The summed E-state index contributed by atoms with van der Waals surface area (Å²) in [7, 11) is 0. The molecule has 1 rings (SSSR count). The van der Waals surface area contributed by atoms with Gasteiger partial charge >= 0.3 is 0 Å². The Labute approximate surface area is 79.6 Å². The zero-order valence-corrected chi connectivity index (χ0v) is 7.18. The first kappa shape index (κ1) is 9.97. The van der Waals surface area contributed by atoms with Gasteiger partial charge in [0.1, 0.15) is 11.6 Å². The highest BCUT2D eigenvalue weighted by Gasteiger charge is 1.98. The van der Waals surface area contributed by atoms with Crippen LogP contribution in [0.1, 0.15) is 5.56 Å². The molecule has 5 nitrogen and oxygen atoms in total. The lowest BCUT2D eigenvalue weighted by Gasteiger charge is -1.96. The molecule has 0 heterocycles. The highest BCUT2D eigenvalue weighted by molar-refractivity contribution is 5.84. The molecule has 5 N–H and O–H groups in total. The zero-order valence-electron chi connectivity index (χ0n) is 7.18. The zero-order chi connectivity index (χ0) is 10.6. The van der Waals surface area contributed by atoms with Crippen LogP contribution in [0.4, 0.5) is 4.39 Å². The van der Waals surface area contributed by atoms with Crippen molar-refractivity contribution >= 4 is 12.2 Å². The van der Waals surface area contributed by atoms with E-state index in [9.17, 15) is 9.50 Å². The maximum Gasteiger partial charge on any atom is 0.211 e. The molecule has 0 saturated carbocycles. The van der Waals surface area contributed by atoms with E-state index in [-0.39, 0.29) is 17.3 Å². The van der Waals surface area contributed by atoms with Crippen LogP contribution in [-0.4, -0.2) is 17.3 Å². The molecule has 0 aliphatic carbocycles. The van der Waals surface area contributed by atoms with Gasteiger partial charge in [0.15, 0.2) is 0 Å². The number of nitrogens with two attached hydrogens (primary N) is 2. The Morgan fingerprint density at radius 2 is 2.14 bits per heavy atom. The summed E-state index contributed by atoms with van der Waals surface area (Å²) in [5, 5.41) is 16.0. The Morgan fingerprint density at radius 1 is 1.43 bits per heavy atom. The number of aromatic hydroxyl groups is 1. The molecule has 0 spiro atoms. The van der Waals surface area contributed by atoms with E-state index in [0.717, 1.165) is 18.3 Å². The van der Waals surface area contributed by atoms with Gasteiger partial charge < -0.3 is 16.6 Å². The van der Waals surface area contributed by atoms with Gasteiger partial charge in [-0.25, -0.2) is 4.39 Å². The van der Waals surface area contributed by atoms with Gasteiger partial charge in [-0.3, -0.25) is 0 Å². The Kier molecular flexibility index (Phi) is 3.01. The van der Waals surface area contributed by atoms with Crippen molar-refractivity contribution in [1.82, 2.24) is 0 Å². The number of benzene rings is 1. The van der Waals surface area contributed by atoms with Crippen molar-refractivity contribution in [2.45, 2.75) is 0 Å². The molecule has 6 heteroatoms. The Balaban J connectivity index is 2.91. The molecular weight excluding hydrogens is 187 g/mol.